The Morgan fingerprint density at radius 3 is 2.79 bits per heavy atom. The maximum absolute atomic E-state index is 12.2. The number of hydrogen-bond donors (Lipinski definition) is 2. The Kier molecular flexibility index (Phi) is 3.87. The molecule has 2 amide bonds. The van der Waals surface area contributed by atoms with E-state index in [0.717, 1.165) is 31.5 Å². The van der Waals surface area contributed by atoms with Crippen molar-refractivity contribution >= 4 is 11.8 Å². The quantitative estimate of drug-likeness (QED) is 0.859. The van der Waals surface area contributed by atoms with Crippen LogP contribution in [0.25, 0.3) is 0 Å². The highest BCUT2D eigenvalue weighted by Crippen LogP contribution is 2.31. The fourth-order valence-corrected chi connectivity index (χ4v) is 2.48. The second-order valence-corrected chi connectivity index (χ2v) is 5.27. The van der Waals surface area contributed by atoms with Crippen molar-refractivity contribution in [3.63, 3.8) is 0 Å². The predicted octanol–water partition coefficient (Wildman–Crippen LogP) is 1.22. The van der Waals surface area contributed by atoms with E-state index >= 15 is 0 Å². The van der Waals surface area contributed by atoms with Gasteiger partial charge in [0.1, 0.15) is 5.69 Å². The van der Waals surface area contributed by atoms with Gasteiger partial charge in [0.2, 0.25) is 5.91 Å². The Bertz CT molecular complexity index is 481. The van der Waals surface area contributed by atoms with Crippen molar-refractivity contribution in [2.75, 3.05) is 6.54 Å². The van der Waals surface area contributed by atoms with Crippen molar-refractivity contribution in [2.24, 2.45) is 11.7 Å². The first kappa shape index (κ1) is 13.6. The topological polar surface area (TPSA) is 92.1 Å². The second kappa shape index (κ2) is 5.42. The van der Waals surface area contributed by atoms with Crippen LogP contribution in [-0.2, 0) is 4.79 Å². The fourth-order valence-electron chi connectivity index (χ4n) is 2.48. The largest absolute Gasteiger partial charge is 0.364 e. The number of rotatable bonds is 3. The monoisotopic (exact) mass is 264 g/mol. The number of nitrogens with one attached hydrogen (secondary N) is 1. The average molecular weight is 264 g/mol. The number of primary amides is 1. The van der Waals surface area contributed by atoms with E-state index in [4.69, 9.17) is 5.73 Å². The first-order chi connectivity index (χ1) is 9.00. The van der Waals surface area contributed by atoms with E-state index in [1.165, 1.54) is 0 Å². The van der Waals surface area contributed by atoms with Crippen LogP contribution in [0.15, 0.2) is 6.07 Å². The molecule has 19 heavy (non-hydrogen) atoms. The van der Waals surface area contributed by atoms with Crippen molar-refractivity contribution in [2.45, 2.75) is 39.2 Å². The van der Waals surface area contributed by atoms with Gasteiger partial charge in [-0.05, 0) is 25.3 Å². The van der Waals surface area contributed by atoms with Gasteiger partial charge in [-0.15, -0.1) is 0 Å². The van der Waals surface area contributed by atoms with Crippen molar-refractivity contribution in [3.05, 3.63) is 17.5 Å². The second-order valence-electron chi connectivity index (χ2n) is 5.27. The summed E-state index contributed by atoms with van der Waals surface area (Å²) in [5, 5.41) is 6.73. The summed E-state index contributed by atoms with van der Waals surface area (Å²) in [6.07, 6.45) is 2.97. The summed E-state index contributed by atoms with van der Waals surface area (Å²) >= 11 is 0. The lowest BCUT2D eigenvalue weighted by Crippen LogP contribution is -2.40. The maximum Gasteiger partial charge on any atom is 0.269 e. The summed E-state index contributed by atoms with van der Waals surface area (Å²) < 4.78 is 0. The summed E-state index contributed by atoms with van der Waals surface area (Å²) in [7, 11) is 0. The maximum atomic E-state index is 12.2. The number of carbonyl (C=O) groups excluding carboxylic acids is 2. The number of amides is 2. The number of nitrogens with two attached hydrogens (primary N) is 1. The summed E-state index contributed by atoms with van der Waals surface area (Å²) in [5.41, 5.74) is 6.21. The molecular formula is C13H20N4O2. The lowest BCUT2D eigenvalue weighted by molar-refractivity contribution is -0.138. The van der Waals surface area contributed by atoms with E-state index in [2.05, 4.69) is 10.2 Å². The minimum Gasteiger partial charge on any atom is -0.364 e. The summed E-state index contributed by atoms with van der Waals surface area (Å²) in [6.45, 7) is 4.55. The van der Waals surface area contributed by atoms with E-state index in [-0.39, 0.29) is 23.6 Å². The summed E-state index contributed by atoms with van der Waals surface area (Å²) in [4.78, 5) is 25.2. The molecule has 1 unspecified atom stereocenters. The van der Waals surface area contributed by atoms with Gasteiger partial charge in [-0.2, -0.15) is 5.10 Å². The molecule has 1 aliphatic rings. The van der Waals surface area contributed by atoms with Gasteiger partial charge >= 0.3 is 0 Å². The van der Waals surface area contributed by atoms with Crippen LogP contribution in [0.3, 0.4) is 0 Å². The van der Waals surface area contributed by atoms with E-state index in [1.54, 1.807) is 6.07 Å². The Morgan fingerprint density at radius 2 is 2.21 bits per heavy atom. The van der Waals surface area contributed by atoms with Crippen molar-refractivity contribution in [3.8, 4) is 0 Å². The molecule has 1 aromatic rings. The van der Waals surface area contributed by atoms with Crippen LogP contribution in [-0.4, -0.2) is 33.5 Å². The van der Waals surface area contributed by atoms with E-state index in [0.29, 0.717) is 0 Å². The van der Waals surface area contributed by atoms with Crippen LogP contribution in [0.4, 0.5) is 0 Å². The van der Waals surface area contributed by atoms with Crippen LogP contribution in [0.1, 0.15) is 55.3 Å². The molecule has 3 N–H and O–H groups in total. The standard InChI is InChI=1S/C13H20N4O2/c1-8(2)13(19)17-6-4-3-5-11(17)9-7-10(12(14)18)16-15-9/h7-8,11H,3-6H2,1-2H3,(H2,14,18)(H,15,16). The van der Waals surface area contributed by atoms with Gasteiger partial charge in [0, 0.05) is 12.5 Å². The van der Waals surface area contributed by atoms with Crippen LogP contribution >= 0.6 is 0 Å². The molecule has 6 nitrogen and oxygen atoms in total. The molecule has 0 aliphatic carbocycles. The molecule has 0 aromatic carbocycles. The lowest BCUT2D eigenvalue weighted by atomic mass is 9.97. The molecule has 104 valence electrons. The third-order valence-corrected chi connectivity index (χ3v) is 3.49. The minimum absolute atomic E-state index is 0.0238. The zero-order valence-electron chi connectivity index (χ0n) is 11.3. The molecule has 2 heterocycles. The van der Waals surface area contributed by atoms with Gasteiger partial charge in [0.25, 0.3) is 5.91 Å². The van der Waals surface area contributed by atoms with Gasteiger partial charge in [-0.25, -0.2) is 0 Å². The molecule has 2 rings (SSSR count). The number of piperidine rings is 1. The summed E-state index contributed by atoms with van der Waals surface area (Å²) in [5.74, 6) is -0.445. The summed E-state index contributed by atoms with van der Waals surface area (Å²) in [6, 6.07) is 1.63. The fraction of sp³-hybridized carbons (Fsp3) is 0.615. The van der Waals surface area contributed by atoms with E-state index in [1.807, 2.05) is 18.7 Å². The van der Waals surface area contributed by atoms with Crippen molar-refractivity contribution < 1.29 is 9.59 Å². The molecule has 6 heteroatoms. The number of carbonyl (C=O) groups is 2. The zero-order chi connectivity index (χ0) is 14.0. The molecule has 0 bridgehead atoms. The number of nitrogens with zero attached hydrogens (tertiary/aromatic N) is 2. The SMILES string of the molecule is CC(C)C(=O)N1CCCCC1c1cc(C(N)=O)n[nH]1. The van der Waals surface area contributed by atoms with Crippen LogP contribution in [0, 0.1) is 5.92 Å². The molecule has 0 saturated carbocycles. The Morgan fingerprint density at radius 1 is 1.47 bits per heavy atom. The lowest BCUT2D eigenvalue weighted by Gasteiger charge is -2.36. The van der Waals surface area contributed by atoms with Gasteiger partial charge in [-0.1, -0.05) is 13.8 Å². The van der Waals surface area contributed by atoms with Gasteiger partial charge in [-0.3, -0.25) is 14.7 Å². The van der Waals surface area contributed by atoms with Crippen LogP contribution < -0.4 is 5.73 Å². The molecule has 0 spiro atoms. The number of aromatic nitrogens is 2. The molecular weight excluding hydrogens is 244 g/mol. The minimum atomic E-state index is -0.556. The average Bonchev–Trinajstić information content (AvgIpc) is 2.87. The van der Waals surface area contributed by atoms with Crippen LogP contribution in [0.2, 0.25) is 0 Å². The van der Waals surface area contributed by atoms with Crippen molar-refractivity contribution in [1.82, 2.24) is 15.1 Å². The predicted molar refractivity (Wildman–Crippen MR) is 70.2 cm³/mol. The number of H-pyrrole nitrogens is 1. The van der Waals surface area contributed by atoms with E-state index < -0.39 is 5.91 Å². The van der Waals surface area contributed by atoms with Crippen molar-refractivity contribution in [1.29, 1.82) is 0 Å². The highest BCUT2D eigenvalue weighted by molar-refractivity contribution is 5.90. The highest BCUT2D eigenvalue weighted by atomic mass is 16.2. The van der Waals surface area contributed by atoms with Gasteiger partial charge < -0.3 is 10.6 Å². The van der Waals surface area contributed by atoms with Gasteiger partial charge in [0.15, 0.2) is 0 Å². The molecule has 1 aromatic heterocycles. The number of aromatic amines is 1. The van der Waals surface area contributed by atoms with Gasteiger partial charge in [0.05, 0.1) is 11.7 Å². The normalized spacial score (nSPS) is 19.7. The first-order valence-corrected chi connectivity index (χ1v) is 6.66. The first-order valence-electron chi connectivity index (χ1n) is 6.66. The molecule has 1 fully saturated rings. The number of hydrogen-bond acceptors (Lipinski definition) is 3. The molecule has 1 saturated heterocycles. The Labute approximate surface area is 112 Å². The molecule has 0 radical (unpaired) electrons. The third-order valence-electron chi connectivity index (χ3n) is 3.49. The third kappa shape index (κ3) is 2.77. The molecule has 1 aliphatic heterocycles. The number of likely N-dealkylation sites (tertiary alicyclic amines) is 1. The van der Waals surface area contributed by atoms with E-state index in [9.17, 15) is 9.59 Å². The smallest absolute Gasteiger partial charge is 0.269 e. The highest BCUT2D eigenvalue weighted by Gasteiger charge is 2.30. The zero-order valence-corrected chi connectivity index (χ0v) is 11.3. The Balaban J connectivity index is 2.23. The van der Waals surface area contributed by atoms with Crippen LogP contribution in [0.5, 0.6) is 0 Å². The Hall–Kier alpha value is -1.85. The molecule has 1 atom stereocenters.